The summed E-state index contributed by atoms with van der Waals surface area (Å²) >= 11 is 1.83. The fourth-order valence-electron chi connectivity index (χ4n) is 2.02. The van der Waals surface area contributed by atoms with Gasteiger partial charge in [-0.15, -0.1) is 11.3 Å². The molecule has 0 fully saturated rings. The number of aryl methyl sites for hydroxylation is 2. The fraction of sp³-hybridized carbons (Fsp3) is 0.312. The second-order valence-electron chi connectivity index (χ2n) is 4.70. The molecule has 20 heavy (non-hydrogen) atoms. The molecule has 1 heterocycles. The normalized spacial score (nSPS) is 10.3. The van der Waals surface area contributed by atoms with E-state index in [1.165, 1.54) is 15.3 Å². The lowest BCUT2D eigenvalue weighted by molar-refractivity contribution is 0.413. The number of nitrogens with zero attached hydrogens (tertiary/aromatic N) is 1. The van der Waals surface area contributed by atoms with E-state index < -0.39 is 0 Å². The zero-order valence-corrected chi connectivity index (χ0v) is 12.8. The topological polar surface area (TPSA) is 45.0 Å². The predicted molar refractivity (Wildman–Crippen MR) is 82.0 cm³/mol. The van der Waals surface area contributed by atoms with Gasteiger partial charge in [0.05, 0.1) is 12.7 Å². The van der Waals surface area contributed by atoms with Gasteiger partial charge in [0, 0.05) is 22.8 Å². The monoisotopic (exact) mass is 286 g/mol. The van der Waals surface area contributed by atoms with E-state index in [1.54, 1.807) is 7.11 Å². The van der Waals surface area contributed by atoms with E-state index in [-0.39, 0.29) is 0 Å². The van der Waals surface area contributed by atoms with Crippen molar-refractivity contribution < 1.29 is 4.74 Å². The summed E-state index contributed by atoms with van der Waals surface area (Å²) in [6.45, 7) is 5.88. The van der Waals surface area contributed by atoms with Crippen molar-refractivity contribution in [3.8, 4) is 11.8 Å². The first-order valence-electron chi connectivity index (χ1n) is 6.47. The van der Waals surface area contributed by atoms with Gasteiger partial charge in [0.15, 0.2) is 0 Å². The van der Waals surface area contributed by atoms with Crippen molar-refractivity contribution in [1.29, 1.82) is 5.26 Å². The Kier molecular flexibility index (Phi) is 4.78. The molecule has 0 aliphatic carbocycles. The van der Waals surface area contributed by atoms with Crippen LogP contribution in [0.5, 0.6) is 5.75 Å². The molecule has 0 saturated heterocycles. The molecule has 3 nitrogen and oxygen atoms in total. The van der Waals surface area contributed by atoms with Crippen molar-refractivity contribution in [2.45, 2.75) is 26.9 Å². The Labute approximate surface area is 123 Å². The maximum Gasteiger partial charge on any atom is 0.136 e. The minimum Gasteiger partial charge on any atom is -0.495 e. The lowest BCUT2D eigenvalue weighted by Crippen LogP contribution is -2.11. The van der Waals surface area contributed by atoms with Crippen LogP contribution in [-0.2, 0) is 13.1 Å². The standard InChI is InChI=1S/C16H18N2OS/c1-11-6-15(20-12(11)2)10-18-9-13-4-5-16(19-3)14(7-13)8-17/h4-7,18H,9-10H2,1-3H3. The zero-order chi connectivity index (χ0) is 14.5. The van der Waals surface area contributed by atoms with Crippen LogP contribution in [0.3, 0.4) is 0 Å². The Morgan fingerprint density at radius 3 is 2.65 bits per heavy atom. The molecule has 0 saturated carbocycles. The fourth-order valence-corrected chi connectivity index (χ4v) is 3.04. The smallest absolute Gasteiger partial charge is 0.136 e. The van der Waals surface area contributed by atoms with Gasteiger partial charge in [-0.3, -0.25) is 0 Å². The van der Waals surface area contributed by atoms with Crippen LogP contribution in [0.4, 0.5) is 0 Å². The molecule has 2 rings (SSSR count). The van der Waals surface area contributed by atoms with Gasteiger partial charge in [-0.1, -0.05) is 6.07 Å². The summed E-state index contributed by atoms with van der Waals surface area (Å²) < 4.78 is 5.14. The number of hydrogen-bond acceptors (Lipinski definition) is 4. The van der Waals surface area contributed by atoms with Gasteiger partial charge in [0.1, 0.15) is 11.8 Å². The highest BCUT2D eigenvalue weighted by Gasteiger charge is 2.04. The molecule has 0 spiro atoms. The average molecular weight is 286 g/mol. The summed E-state index contributed by atoms with van der Waals surface area (Å²) in [4.78, 5) is 2.71. The molecule has 104 valence electrons. The molecule has 0 aliphatic heterocycles. The molecule has 0 bridgehead atoms. The molecular formula is C16H18N2OS. The average Bonchev–Trinajstić information content (AvgIpc) is 2.77. The molecular weight excluding hydrogens is 268 g/mol. The number of ether oxygens (including phenoxy) is 1. The summed E-state index contributed by atoms with van der Waals surface area (Å²) in [5.41, 5.74) is 3.02. The highest BCUT2D eigenvalue weighted by Crippen LogP contribution is 2.21. The largest absolute Gasteiger partial charge is 0.495 e. The summed E-state index contributed by atoms with van der Waals surface area (Å²) in [7, 11) is 1.58. The van der Waals surface area contributed by atoms with Crippen molar-refractivity contribution in [3.05, 3.63) is 50.7 Å². The van der Waals surface area contributed by atoms with E-state index in [1.807, 2.05) is 29.5 Å². The van der Waals surface area contributed by atoms with E-state index in [9.17, 15) is 0 Å². The molecule has 4 heteroatoms. The quantitative estimate of drug-likeness (QED) is 0.914. The molecule has 1 aromatic carbocycles. The number of benzene rings is 1. The van der Waals surface area contributed by atoms with Gasteiger partial charge in [-0.05, 0) is 43.2 Å². The van der Waals surface area contributed by atoms with Crippen molar-refractivity contribution in [1.82, 2.24) is 5.32 Å². The second kappa shape index (κ2) is 6.56. The number of rotatable bonds is 5. The van der Waals surface area contributed by atoms with Crippen LogP contribution >= 0.6 is 11.3 Å². The maximum atomic E-state index is 9.06. The first kappa shape index (κ1) is 14.6. The lowest BCUT2D eigenvalue weighted by Gasteiger charge is -2.07. The summed E-state index contributed by atoms with van der Waals surface area (Å²) in [6.07, 6.45) is 0. The third kappa shape index (κ3) is 3.38. The molecule has 2 aromatic rings. The zero-order valence-electron chi connectivity index (χ0n) is 12.0. The molecule has 0 atom stereocenters. The van der Waals surface area contributed by atoms with Crippen LogP contribution in [0.15, 0.2) is 24.3 Å². The van der Waals surface area contributed by atoms with Crippen molar-refractivity contribution in [3.63, 3.8) is 0 Å². The van der Waals surface area contributed by atoms with Gasteiger partial charge in [-0.25, -0.2) is 0 Å². The Hall–Kier alpha value is -1.83. The molecule has 1 aromatic heterocycles. The van der Waals surface area contributed by atoms with Gasteiger partial charge >= 0.3 is 0 Å². The van der Waals surface area contributed by atoms with Gasteiger partial charge in [0.2, 0.25) is 0 Å². The van der Waals surface area contributed by atoms with Crippen LogP contribution in [0.25, 0.3) is 0 Å². The first-order valence-corrected chi connectivity index (χ1v) is 7.29. The van der Waals surface area contributed by atoms with E-state index in [4.69, 9.17) is 10.00 Å². The van der Waals surface area contributed by atoms with E-state index >= 15 is 0 Å². The minimum absolute atomic E-state index is 0.578. The number of nitrogens with one attached hydrogen (secondary N) is 1. The molecule has 0 aliphatic rings. The van der Waals surface area contributed by atoms with Crippen molar-refractivity contribution >= 4 is 11.3 Å². The number of thiophene rings is 1. The SMILES string of the molecule is COc1ccc(CNCc2cc(C)c(C)s2)cc1C#N. The predicted octanol–water partition coefficient (Wildman–Crippen LogP) is 3.54. The van der Waals surface area contributed by atoms with Crippen molar-refractivity contribution in [2.24, 2.45) is 0 Å². The Morgan fingerprint density at radius 1 is 1.25 bits per heavy atom. The third-order valence-electron chi connectivity index (χ3n) is 3.23. The van der Waals surface area contributed by atoms with E-state index in [0.717, 1.165) is 18.7 Å². The van der Waals surface area contributed by atoms with Crippen LogP contribution < -0.4 is 10.1 Å². The second-order valence-corrected chi connectivity index (χ2v) is 6.04. The highest BCUT2D eigenvalue weighted by atomic mass is 32.1. The Bertz CT molecular complexity index is 621. The molecule has 0 unspecified atom stereocenters. The van der Waals surface area contributed by atoms with Crippen LogP contribution in [-0.4, -0.2) is 7.11 Å². The van der Waals surface area contributed by atoms with Gasteiger partial charge in [0.25, 0.3) is 0 Å². The van der Waals surface area contributed by atoms with Crippen LogP contribution in [0.1, 0.15) is 26.4 Å². The number of hydrogen-bond donors (Lipinski definition) is 1. The van der Waals surface area contributed by atoms with Gasteiger partial charge < -0.3 is 10.1 Å². The van der Waals surface area contributed by atoms with E-state index in [0.29, 0.717) is 11.3 Å². The Morgan fingerprint density at radius 2 is 2.05 bits per heavy atom. The summed E-state index contributed by atoms with van der Waals surface area (Å²) in [6, 6.07) is 10.1. The molecule has 0 radical (unpaired) electrons. The lowest BCUT2D eigenvalue weighted by atomic mass is 10.1. The maximum absolute atomic E-state index is 9.06. The summed E-state index contributed by atoms with van der Waals surface area (Å²) in [5, 5.41) is 12.5. The van der Waals surface area contributed by atoms with Gasteiger partial charge in [-0.2, -0.15) is 5.26 Å². The van der Waals surface area contributed by atoms with Crippen molar-refractivity contribution in [2.75, 3.05) is 7.11 Å². The molecule has 1 N–H and O–H groups in total. The van der Waals surface area contributed by atoms with E-state index in [2.05, 4.69) is 31.3 Å². The minimum atomic E-state index is 0.578. The first-order chi connectivity index (χ1) is 9.63. The Balaban J connectivity index is 1.96. The molecule has 0 amide bonds. The van der Waals surface area contributed by atoms with Crippen LogP contribution in [0.2, 0.25) is 0 Å². The van der Waals surface area contributed by atoms with Crippen LogP contribution in [0, 0.1) is 25.2 Å². The number of nitriles is 1. The number of methoxy groups -OCH3 is 1. The summed E-state index contributed by atoms with van der Waals surface area (Å²) in [5.74, 6) is 0.626. The highest BCUT2D eigenvalue weighted by molar-refractivity contribution is 7.12. The third-order valence-corrected chi connectivity index (χ3v) is 4.38.